The SMILES string of the molecule is Nc1ccc([N+](=O)[O-])c(N2CCCC(Cn3ccnn3)C2)c1. The second kappa shape index (κ2) is 6.00. The Labute approximate surface area is 127 Å². The van der Waals surface area contributed by atoms with Crippen molar-refractivity contribution in [1.29, 1.82) is 0 Å². The van der Waals surface area contributed by atoms with E-state index in [0.717, 1.165) is 32.5 Å². The molecule has 0 radical (unpaired) electrons. The number of nitrogens with zero attached hydrogens (tertiary/aromatic N) is 5. The van der Waals surface area contributed by atoms with Gasteiger partial charge >= 0.3 is 0 Å². The standard InChI is InChI=1S/C14H18N6O2/c15-12-3-4-13(20(21)22)14(8-12)18-6-1-2-11(9-18)10-19-7-5-16-17-19/h3-5,7-8,11H,1-2,6,9-10,15H2. The summed E-state index contributed by atoms with van der Waals surface area (Å²) >= 11 is 0. The molecule has 0 spiro atoms. The van der Waals surface area contributed by atoms with Crippen LogP contribution in [-0.2, 0) is 6.54 Å². The Balaban J connectivity index is 1.79. The molecule has 1 aromatic heterocycles. The number of nitro groups is 1. The first kappa shape index (κ1) is 14.3. The van der Waals surface area contributed by atoms with E-state index in [1.165, 1.54) is 6.07 Å². The number of nitrogens with two attached hydrogens (primary N) is 1. The van der Waals surface area contributed by atoms with Crippen molar-refractivity contribution >= 4 is 17.1 Å². The Kier molecular flexibility index (Phi) is 3.90. The molecule has 1 unspecified atom stereocenters. The maximum atomic E-state index is 11.2. The topological polar surface area (TPSA) is 103 Å². The lowest BCUT2D eigenvalue weighted by atomic mass is 9.97. The molecule has 1 atom stereocenters. The predicted molar refractivity (Wildman–Crippen MR) is 82.5 cm³/mol. The van der Waals surface area contributed by atoms with Gasteiger partial charge in [0.05, 0.1) is 11.1 Å². The molecule has 1 saturated heterocycles. The number of anilines is 2. The van der Waals surface area contributed by atoms with Crippen LogP contribution in [0, 0.1) is 16.0 Å². The van der Waals surface area contributed by atoms with Gasteiger partial charge in [0.1, 0.15) is 5.69 Å². The van der Waals surface area contributed by atoms with E-state index in [0.29, 0.717) is 17.3 Å². The van der Waals surface area contributed by atoms with Crippen LogP contribution in [0.15, 0.2) is 30.6 Å². The predicted octanol–water partition coefficient (Wildman–Crippen LogP) is 1.69. The molecule has 2 N–H and O–H groups in total. The van der Waals surface area contributed by atoms with E-state index in [4.69, 9.17) is 5.73 Å². The van der Waals surface area contributed by atoms with E-state index in [1.807, 2.05) is 10.9 Å². The molecule has 22 heavy (non-hydrogen) atoms. The van der Waals surface area contributed by atoms with Gasteiger partial charge in [-0.2, -0.15) is 0 Å². The Morgan fingerprint density at radius 3 is 3.05 bits per heavy atom. The lowest BCUT2D eigenvalue weighted by Gasteiger charge is -2.34. The van der Waals surface area contributed by atoms with Crippen LogP contribution in [0.2, 0.25) is 0 Å². The number of nitrogen functional groups attached to an aromatic ring is 1. The van der Waals surface area contributed by atoms with Crippen molar-refractivity contribution in [2.75, 3.05) is 23.7 Å². The van der Waals surface area contributed by atoms with Gasteiger partial charge in [-0.25, -0.2) is 0 Å². The Morgan fingerprint density at radius 1 is 1.45 bits per heavy atom. The lowest BCUT2D eigenvalue weighted by Crippen LogP contribution is -2.37. The van der Waals surface area contributed by atoms with Crippen LogP contribution in [0.1, 0.15) is 12.8 Å². The summed E-state index contributed by atoms with van der Waals surface area (Å²) in [4.78, 5) is 12.9. The van der Waals surface area contributed by atoms with Crippen LogP contribution in [0.4, 0.5) is 17.1 Å². The van der Waals surface area contributed by atoms with Crippen molar-refractivity contribution < 1.29 is 4.92 Å². The Hall–Kier alpha value is -2.64. The first-order valence-electron chi connectivity index (χ1n) is 7.26. The van der Waals surface area contributed by atoms with Crippen LogP contribution in [0.5, 0.6) is 0 Å². The van der Waals surface area contributed by atoms with Crippen LogP contribution in [0.25, 0.3) is 0 Å². The lowest BCUT2D eigenvalue weighted by molar-refractivity contribution is -0.384. The number of hydrogen-bond acceptors (Lipinski definition) is 6. The number of hydrogen-bond donors (Lipinski definition) is 1. The average Bonchev–Trinajstić information content (AvgIpc) is 3.00. The highest BCUT2D eigenvalue weighted by molar-refractivity contribution is 5.68. The molecule has 3 rings (SSSR count). The number of rotatable bonds is 4. The molecule has 2 heterocycles. The highest BCUT2D eigenvalue weighted by Gasteiger charge is 2.26. The van der Waals surface area contributed by atoms with Crippen LogP contribution in [-0.4, -0.2) is 33.0 Å². The first-order valence-corrected chi connectivity index (χ1v) is 7.26. The van der Waals surface area contributed by atoms with Gasteiger partial charge in [-0.1, -0.05) is 5.21 Å². The maximum Gasteiger partial charge on any atom is 0.292 e. The van der Waals surface area contributed by atoms with Crippen LogP contribution >= 0.6 is 0 Å². The fourth-order valence-corrected chi connectivity index (χ4v) is 2.98. The molecule has 8 nitrogen and oxygen atoms in total. The molecule has 2 aromatic rings. The second-order valence-electron chi connectivity index (χ2n) is 5.58. The van der Waals surface area contributed by atoms with Gasteiger partial charge in [-0.05, 0) is 30.9 Å². The van der Waals surface area contributed by atoms with Crippen LogP contribution < -0.4 is 10.6 Å². The molecule has 8 heteroatoms. The minimum atomic E-state index is -0.351. The van der Waals surface area contributed by atoms with Gasteiger partial charge in [0.2, 0.25) is 0 Å². The molecule has 1 aliphatic rings. The van der Waals surface area contributed by atoms with E-state index in [2.05, 4.69) is 15.2 Å². The maximum absolute atomic E-state index is 11.2. The molecular formula is C14H18N6O2. The van der Waals surface area contributed by atoms with Gasteiger partial charge in [0.15, 0.2) is 0 Å². The molecule has 1 aromatic carbocycles. The third-order valence-electron chi connectivity index (χ3n) is 3.97. The largest absolute Gasteiger partial charge is 0.399 e. The first-order chi connectivity index (χ1) is 10.6. The van der Waals surface area contributed by atoms with E-state index in [1.54, 1.807) is 18.3 Å². The van der Waals surface area contributed by atoms with Crippen molar-refractivity contribution in [1.82, 2.24) is 15.0 Å². The zero-order chi connectivity index (χ0) is 15.5. The minimum absolute atomic E-state index is 0.107. The van der Waals surface area contributed by atoms with Gasteiger partial charge < -0.3 is 10.6 Å². The van der Waals surface area contributed by atoms with Gasteiger partial charge in [0, 0.05) is 37.6 Å². The molecule has 0 aliphatic carbocycles. The van der Waals surface area contributed by atoms with Gasteiger partial charge in [-0.15, -0.1) is 5.10 Å². The summed E-state index contributed by atoms with van der Waals surface area (Å²) < 4.78 is 1.81. The second-order valence-corrected chi connectivity index (χ2v) is 5.58. The monoisotopic (exact) mass is 302 g/mol. The normalized spacial score (nSPS) is 18.4. The summed E-state index contributed by atoms with van der Waals surface area (Å²) in [5.41, 5.74) is 7.06. The van der Waals surface area contributed by atoms with E-state index >= 15 is 0 Å². The third kappa shape index (κ3) is 3.00. The molecule has 1 fully saturated rings. The number of aromatic nitrogens is 3. The fourth-order valence-electron chi connectivity index (χ4n) is 2.98. The van der Waals surface area contributed by atoms with Crippen molar-refractivity contribution in [2.24, 2.45) is 5.92 Å². The summed E-state index contributed by atoms with van der Waals surface area (Å²) in [5, 5.41) is 19.0. The number of benzene rings is 1. The number of nitro benzene ring substituents is 1. The average molecular weight is 302 g/mol. The van der Waals surface area contributed by atoms with Crippen molar-refractivity contribution in [3.63, 3.8) is 0 Å². The molecule has 0 saturated carbocycles. The van der Waals surface area contributed by atoms with E-state index < -0.39 is 0 Å². The molecule has 0 amide bonds. The molecule has 1 aliphatic heterocycles. The summed E-state index contributed by atoms with van der Waals surface area (Å²) in [6, 6.07) is 4.74. The van der Waals surface area contributed by atoms with Crippen molar-refractivity contribution in [2.45, 2.75) is 19.4 Å². The highest BCUT2D eigenvalue weighted by Crippen LogP contribution is 2.33. The third-order valence-corrected chi connectivity index (χ3v) is 3.97. The zero-order valence-electron chi connectivity index (χ0n) is 12.1. The van der Waals surface area contributed by atoms with E-state index in [-0.39, 0.29) is 10.6 Å². The summed E-state index contributed by atoms with van der Waals surface area (Å²) in [6.45, 7) is 2.33. The minimum Gasteiger partial charge on any atom is -0.399 e. The summed E-state index contributed by atoms with van der Waals surface area (Å²) in [5.74, 6) is 0.386. The van der Waals surface area contributed by atoms with Gasteiger partial charge in [0.25, 0.3) is 5.69 Å². The van der Waals surface area contributed by atoms with Gasteiger partial charge in [-0.3, -0.25) is 14.8 Å². The molecule has 0 bridgehead atoms. The zero-order valence-corrected chi connectivity index (χ0v) is 12.1. The highest BCUT2D eigenvalue weighted by atomic mass is 16.6. The number of piperidine rings is 1. The van der Waals surface area contributed by atoms with Crippen molar-refractivity contribution in [3.8, 4) is 0 Å². The van der Waals surface area contributed by atoms with E-state index in [9.17, 15) is 10.1 Å². The molecule has 116 valence electrons. The Bertz CT molecular complexity index is 657. The van der Waals surface area contributed by atoms with Crippen molar-refractivity contribution in [3.05, 3.63) is 40.7 Å². The summed E-state index contributed by atoms with van der Waals surface area (Å²) in [7, 11) is 0. The smallest absolute Gasteiger partial charge is 0.292 e. The molecular weight excluding hydrogens is 284 g/mol. The Morgan fingerprint density at radius 2 is 2.32 bits per heavy atom. The quantitative estimate of drug-likeness (QED) is 0.523. The fraction of sp³-hybridized carbons (Fsp3) is 0.429. The van der Waals surface area contributed by atoms with Crippen LogP contribution in [0.3, 0.4) is 0 Å². The summed E-state index contributed by atoms with van der Waals surface area (Å²) in [6.07, 6.45) is 5.56.